The Balaban J connectivity index is 3.93. The second kappa shape index (κ2) is 36.0. The molecule has 0 saturated carbocycles. The normalized spacial score (nSPS) is 13.7. The summed E-state index contributed by atoms with van der Waals surface area (Å²) in [5, 5.41) is 0. The van der Waals surface area contributed by atoms with Crippen molar-refractivity contribution in [1.29, 1.82) is 0 Å². The third-order valence-electron chi connectivity index (χ3n) is 7.47. The van der Waals surface area contributed by atoms with Crippen molar-refractivity contribution in [3.63, 3.8) is 0 Å². The maximum Gasteiger partial charge on any atom is 0.179 e. The molecule has 0 aromatic rings. The number of unbranched alkanes of at least 4 members (excludes halogenated alkanes) is 12. The van der Waals surface area contributed by atoms with Crippen LogP contribution in [0.4, 0.5) is 0 Å². The van der Waals surface area contributed by atoms with E-state index in [4.69, 9.17) is 33.2 Å². The van der Waals surface area contributed by atoms with Gasteiger partial charge in [0.1, 0.15) is 0 Å². The zero-order valence-electron chi connectivity index (χ0n) is 30.4. The summed E-state index contributed by atoms with van der Waals surface area (Å²) >= 11 is 0. The van der Waals surface area contributed by atoms with E-state index >= 15 is 0 Å². The largest absolute Gasteiger partial charge is 0.353 e. The predicted molar refractivity (Wildman–Crippen MR) is 187 cm³/mol. The minimum Gasteiger partial charge on any atom is -0.353 e. The van der Waals surface area contributed by atoms with Gasteiger partial charge in [-0.15, -0.1) is 0 Å². The highest BCUT2D eigenvalue weighted by Crippen LogP contribution is 2.15. The summed E-state index contributed by atoms with van der Waals surface area (Å²) in [7, 11) is 3.35. The van der Waals surface area contributed by atoms with Crippen LogP contribution in [0.25, 0.3) is 0 Å². The van der Waals surface area contributed by atoms with Gasteiger partial charge in [-0.3, -0.25) is 0 Å². The number of ether oxygens (including phenoxy) is 7. The summed E-state index contributed by atoms with van der Waals surface area (Å²) in [5.41, 5.74) is 0. The molecule has 0 saturated heterocycles. The lowest BCUT2D eigenvalue weighted by molar-refractivity contribution is -0.188. The van der Waals surface area contributed by atoms with E-state index in [2.05, 4.69) is 39.8 Å². The van der Waals surface area contributed by atoms with Gasteiger partial charge in [0, 0.05) is 40.6 Å². The monoisotopic (exact) mass is 643 g/mol. The lowest BCUT2D eigenvalue weighted by Gasteiger charge is -2.18. The molecule has 0 radical (unpaired) electrons. The first-order valence-electron chi connectivity index (χ1n) is 18.7. The van der Waals surface area contributed by atoms with E-state index in [-0.39, 0.29) is 12.6 Å². The van der Waals surface area contributed by atoms with Gasteiger partial charge in [-0.25, -0.2) is 0 Å². The molecular formula is C38H74O7. The number of hydrogen-bond acceptors (Lipinski definition) is 7. The standard InChI is InChI=1S/C38H74O7/c1-7-31-41-37(42-32-8-2)29-25-21-17-13-11-15-19-23-27-35(39-5)45-36(40-6)28-24-20-16-12-14-18-22-26-30-38(43-33-9-3)44-34-10-4/h23-24,27-28,35-38H,7-22,25-26,29-34H2,1-6H3. The van der Waals surface area contributed by atoms with E-state index < -0.39 is 12.6 Å². The van der Waals surface area contributed by atoms with Gasteiger partial charge in [-0.2, -0.15) is 0 Å². The molecule has 0 bridgehead atoms. The summed E-state index contributed by atoms with van der Waals surface area (Å²) in [6, 6.07) is 0. The highest BCUT2D eigenvalue weighted by Gasteiger charge is 2.11. The second-order valence-corrected chi connectivity index (χ2v) is 11.9. The van der Waals surface area contributed by atoms with E-state index in [1.165, 1.54) is 77.0 Å². The molecule has 0 aliphatic carbocycles. The molecular weight excluding hydrogens is 568 g/mol. The molecule has 0 aromatic heterocycles. The third-order valence-corrected chi connectivity index (χ3v) is 7.47. The molecule has 0 fully saturated rings. The van der Waals surface area contributed by atoms with Crippen LogP contribution in [0.5, 0.6) is 0 Å². The van der Waals surface area contributed by atoms with Gasteiger partial charge >= 0.3 is 0 Å². The SMILES string of the molecule is CCCOC(CCCCCCCCC=CC(OC)OC(C=CCCCCCCCCC(OCCC)OCCC)OC)OCCC. The summed E-state index contributed by atoms with van der Waals surface area (Å²) < 4.78 is 40.3. The molecule has 268 valence electrons. The van der Waals surface area contributed by atoms with E-state index in [1.54, 1.807) is 14.2 Å². The molecule has 7 nitrogen and oxygen atoms in total. The first-order chi connectivity index (χ1) is 22.1. The van der Waals surface area contributed by atoms with Crippen LogP contribution in [0.2, 0.25) is 0 Å². The molecule has 45 heavy (non-hydrogen) atoms. The van der Waals surface area contributed by atoms with Crippen LogP contribution >= 0.6 is 0 Å². The van der Waals surface area contributed by atoms with Crippen LogP contribution in [-0.4, -0.2) is 65.8 Å². The van der Waals surface area contributed by atoms with Crippen molar-refractivity contribution in [3.05, 3.63) is 24.3 Å². The predicted octanol–water partition coefficient (Wildman–Crippen LogP) is 10.7. The van der Waals surface area contributed by atoms with E-state index in [0.29, 0.717) is 0 Å². The summed E-state index contributed by atoms with van der Waals surface area (Å²) in [5.74, 6) is 0. The van der Waals surface area contributed by atoms with Crippen molar-refractivity contribution in [2.45, 2.75) is 181 Å². The van der Waals surface area contributed by atoms with Gasteiger partial charge < -0.3 is 33.2 Å². The number of allylic oxidation sites excluding steroid dienone is 2. The summed E-state index contributed by atoms with van der Waals surface area (Å²) in [6.45, 7) is 11.7. The smallest absolute Gasteiger partial charge is 0.179 e. The fourth-order valence-corrected chi connectivity index (χ4v) is 4.89. The molecule has 0 spiro atoms. The first kappa shape index (κ1) is 44.2. The maximum absolute atomic E-state index is 5.97. The Bertz CT molecular complexity index is 559. The van der Waals surface area contributed by atoms with Crippen LogP contribution in [0.15, 0.2) is 24.3 Å². The lowest BCUT2D eigenvalue weighted by atomic mass is 10.1. The van der Waals surface area contributed by atoms with Crippen LogP contribution in [0.1, 0.15) is 156 Å². The molecule has 0 rings (SSSR count). The van der Waals surface area contributed by atoms with Crippen molar-refractivity contribution >= 4 is 0 Å². The third kappa shape index (κ3) is 30.3. The van der Waals surface area contributed by atoms with Gasteiger partial charge in [-0.05, 0) is 89.2 Å². The van der Waals surface area contributed by atoms with Gasteiger partial charge in [-0.1, -0.05) is 91.2 Å². The summed E-state index contributed by atoms with van der Waals surface area (Å²) in [4.78, 5) is 0. The average Bonchev–Trinajstić information content (AvgIpc) is 3.06. The number of hydrogen-bond donors (Lipinski definition) is 0. The zero-order chi connectivity index (χ0) is 33.1. The van der Waals surface area contributed by atoms with Crippen LogP contribution in [0, 0.1) is 0 Å². The Morgan fingerprint density at radius 1 is 0.422 bits per heavy atom. The zero-order valence-corrected chi connectivity index (χ0v) is 30.4. The summed E-state index contributed by atoms with van der Waals surface area (Å²) in [6.07, 6.45) is 30.5. The fourth-order valence-electron chi connectivity index (χ4n) is 4.89. The van der Waals surface area contributed by atoms with Crippen LogP contribution in [0.3, 0.4) is 0 Å². The average molecular weight is 643 g/mol. The van der Waals surface area contributed by atoms with E-state index in [0.717, 1.165) is 77.8 Å². The van der Waals surface area contributed by atoms with Gasteiger partial charge in [0.25, 0.3) is 0 Å². The highest BCUT2D eigenvalue weighted by molar-refractivity contribution is 4.89. The quantitative estimate of drug-likeness (QED) is 0.0383. The molecule has 7 heteroatoms. The van der Waals surface area contributed by atoms with Crippen molar-refractivity contribution in [1.82, 2.24) is 0 Å². The molecule has 0 N–H and O–H groups in total. The van der Waals surface area contributed by atoms with Gasteiger partial charge in [0.2, 0.25) is 0 Å². The first-order valence-corrected chi connectivity index (χ1v) is 18.7. The Labute approximate surface area is 279 Å². The topological polar surface area (TPSA) is 64.6 Å². The molecule has 0 amide bonds. The van der Waals surface area contributed by atoms with Gasteiger partial charge in [0.15, 0.2) is 25.2 Å². The molecule has 0 aromatic carbocycles. The van der Waals surface area contributed by atoms with Crippen molar-refractivity contribution in [2.24, 2.45) is 0 Å². The Hall–Kier alpha value is -0.800. The van der Waals surface area contributed by atoms with Crippen molar-refractivity contribution in [2.75, 3.05) is 40.6 Å². The lowest BCUT2D eigenvalue weighted by Crippen LogP contribution is -2.22. The van der Waals surface area contributed by atoms with Crippen LogP contribution < -0.4 is 0 Å². The molecule has 0 aliphatic heterocycles. The van der Waals surface area contributed by atoms with Crippen molar-refractivity contribution < 1.29 is 33.2 Å². The van der Waals surface area contributed by atoms with Crippen LogP contribution in [-0.2, 0) is 33.2 Å². The second-order valence-electron chi connectivity index (χ2n) is 11.9. The Morgan fingerprint density at radius 2 is 0.733 bits per heavy atom. The van der Waals surface area contributed by atoms with E-state index in [1.807, 2.05) is 12.2 Å². The highest BCUT2D eigenvalue weighted by atomic mass is 16.8. The molecule has 0 heterocycles. The minimum atomic E-state index is -0.406. The molecule has 2 atom stereocenters. The van der Waals surface area contributed by atoms with E-state index in [9.17, 15) is 0 Å². The fraction of sp³-hybridized carbons (Fsp3) is 0.895. The Kier molecular flexibility index (Phi) is 35.4. The molecule has 2 unspecified atom stereocenters. The maximum atomic E-state index is 5.97. The van der Waals surface area contributed by atoms with Gasteiger partial charge in [0.05, 0.1) is 0 Å². The number of rotatable bonds is 36. The Morgan fingerprint density at radius 3 is 1.04 bits per heavy atom. The molecule has 0 aliphatic rings. The van der Waals surface area contributed by atoms with Crippen molar-refractivity contribution in [3.8, 4) is 0 Å². The number of methoxy groups -OCH3 is 2. The minimum absolute atomic E-state index is 0.0224.